The average molecular weight is 293 g/mol. The highest BCUT2D eigenvalue weighted by molar-refractivity contribution is 5.30. The second-order valence-corrected chi connectivity index (χ2v) is 6.76. The molecule has 2 aliphatic rings. The highest BCUT2D eigenvalue weighted by Crippen LogP contribution is 2.42. The van der Waals surface area contributed by atoms with Crippen LogP contribution in [0.2, 0.25) is 0 Å². The quantitative estimate of drug-likeness (QED) is 0.820. The predicted octanol–water partition coefficient (Wildman–Crippen LogP) is 5.04. The van der Waals surface area contributed by atoms with Crippen molar-refractivity contribution in [2.45, 2.75) is 62.8 Å². The molecule has 0 spiro atoms. The van der Waals surface area contributed by atoms with Crippen molar-refractivity contribution in [3.63, 3.8) is 0 Å². The van der Waals surface area contributed by atoms with Gasteiger partial charge in [0.05, 0.1) is 0 Å². The molecule has 2 fully saturated rings. The molecule has 2 saturated carbocycles. The first kappa shape index (κ1) is 15.0. The maximum Gasteiger partial charge on any atom is 0.248 e. The lowest BCUT2D eigenvalue weighted by Gasteiger charge is -2.34. The lowest BCUT2D eigenvalue weighted by Crippen LogP contribution is -2.32. The summed E-state index contributed by atoms with van der Waals surface area (Å²) < 4.78 is 26.7. The summed E-state index contributed by atoms with van der Waals surface area (Å²) >= 11 is 0. The van der Waals surface area contributed by atoms with Crippen LogP contribution in [0.25, 0.3) is 0 Å². The number of rotatable bonds is 4. The molecule has 2 aliphatic carbocycles. The Morgan fingerprint density at radius 3 is 2.43 bits per heavy atom. The molecule has 1 unspecified atom stereocenters. The molecule has 116 valence electrons. The van der Waals surface area contributed by atoms with E-state index in [9.17, 15) is 8.78 Å². The Balaban J connectivity index is 1.73. The molecule has 21 heavy (non-hydrogen) atoms. The van der Waals surface area contributed by atoms with Crippen LogP contribution in [0.5, 0.6) is 0 Å². The molecule has 1 aromatic rings. The summed E-state index contributed by atoms with van der Waals surface area (Å²) in [5.41, 5.74) is 2.71. The number of alkyl halides is 2. The molecular formula is C18H25F2N. The van der Waals surface area contributed by atoms with Gasteiger partial charge in [-0.15, -0.1) is 0 Å². The summed E-state index contributed by atoms with van der Waals surface area (Å²) in [6.45, 7) is 0. The van der Waals surface area contributed by atoms with Crippen LogP contribution >= 0.6 is 0 Å². The van der Waals surface area contributed by atoms with E-state index in [1.54, 1.807) is 0 Å². The van der Waals surface area contributed by atoms with E-state index in [-0.39, 0.29) is 18.9 Å². The fourth-order valence-electron chi connectivity index (χ4n) is 3.82. The van der Waals surface area contributed by atoms with Crippen LogP contribution in [0.1, 0.15) is 68.0 Å². The van der Waals surface area contributed by atoms with E-state index in [4.69, 9.17) is 0 Å². The zero-order valence-electron chi connectivity index (χ0n) is 12.7. The summed E-state index contributed by atoms with van der Waals surface area (Å²) in [6.07, 6.45) is 5.24. The SMILES string of the molecule is CNC(c1cccc(C2CCC2)c1)C1CCC(F)(F)CC1. The van der Waals surface area contributed by atoms with Gasteiger partial charge in [0.1, 0.15) is 0 Å². The van der Waals surface area contributed by atoms with Crippen LogP contribution in [0, 0.1) is 5.92 Å². The van der Waals surface area contributed by atoms with Crippen molar-refractivity contribution in [2.75, 3.05) is 7.05 Å². The normalized spacial score (nSPS) is 24.5. The van der Waals surface area contributed by atoms with Crippen LogP contribution in [-0.2, 0) is 0 Å². The van der Waals surface area contributed by atoms with Crippen molar-refractivity contribution in [2.24, 2.45) is 5.92 Å². The molecule has 1 nitrogen and oxygen atoms in total. The van der Waals surface area contributed by atoms with Crippen molar-refractivity contribution in [1.29, 1.82) is 0 Å². The molecule has 0 heterocycles. The molecule has 0 radical (unpaired) electrons. The van der Waals surface area contributed by atoms with Crippen LogP contribution in [0.15, 0.2) is 24.3 Å². The molecule has 0 amide bonds. The lowest BCUT2D eigenvalue weighted by atomic mass is 9.77. The number of halogens is 2. The zero-order chi connectivity index (χ0) is 14.9. The Hall–Kier alpha value is -0.960. The van der Waals surface area contributed by atoms with Crippen molar-refractivity contribution < 1.29 is 8.78 Å². The van der Waals surface area contributed by atoms with Gasteiger partial charge >= 0.3 is 0 Å². The molecular weight excluding hydrogens is 268 g/mol. The molecule has 0 bridgehead atoms. The average Bonchev–Trinajstić information content (AvgIpc) is 2.40. The number of benzene rings is 1. The molecule has 3 heteroatoms. The summed E-state index contributed by atoms with van der Waals surface area (Å²) in [5, 5.41) is 3.37. The number of hydrogen-bond acceptors (Lipinski definition) is 1. The Morgan fingerprint density at radius 1 is 1.14 bits per heavy atom. The van der Waals surface area contributed by atoms with Crippen LogP contribution in [-0.4, -0.2) is 13.0 Å². The van der Waals surface area contributed by atoms with Crippen molar-refractivity contribution in [3.8, 4) is 0 Å². The maximum atomic E-state index is 13.4. The monoisotopic (exact) mass is 293 g/mol. The van der Waals surface area contributed by atoms with Crippen LogP contribution < -0.4 is 5.32 Å². The van der Waals surface area contributed by atoms with E-state index in [1.807, 2.05) is 7.05 Å². The number of hydrogen-bond donors (Lipinski definition) is 1. The van der Waals surface area contributed by atoms with Crippen LogP contribution in [0.4, 0.5) is 8.78 Å². The largest absolute Gasteiger partial charge is 0.313 e. The zero-order valence-corrected chi connectivity index (χ0v) is 12.7. The van der Waals surface area contributed by atoms with Gasteiger partial charge in [-0.25, -0.2) is 8.78 Å². The Morgan fingerprint density at radius 2 is 1.86 bits per heavy atom. The first-order chi connectivity index (χ1) is 10.1. The lowest BCUT2D eigenvalue weighted by molar-refractivity contribution is -0.0495. The first-order valence-corrected chi connectivity index (χ1v) is 8.24. The molecule has 1 N–H and O–H groups in total. The van der Waals surface area contributed by atoms with Gasteiger partial charge in [0.15, 0.2) is 0 Å². The topological polar surface area (TPSA) is 12.0 Å². The van der Waals surface area contributed by atoms with E-state index >= 15 is 0 Å². The number of nitrogens with one attached hydrogen (secondary N) is 1. The minimum absolute atomic E-state index is 0.0398. The van der Waals surface area contributed by atoms with Gasteiger partial charge in [-0.05, 0) is 55.7 Å². The first-order valence-electron chi connectivity index (χ1n) is 8.24. The molecule has 1 aromatic carbocycles. The van der Waals surface area contributed by atoms with Gasteiger partial charge in [0, 0.05) is 18.9 Å². The molecule has 0 saturated heterocycles. The summed E-state index contributed by atoms with van der Waals surface area (Å²) in [7, 11) is 1.95. The van der Waals surface area contributed by atoms with Crippen LogP contribution in [0.3, 0.4) is 0 Å². The van der Waals surface area contributed by atoms with Crippen molar-refractivity contribution >= 4 is 0 Å². The molecule has 1 atom stereocenters. The van der Waals surface area contributed by atoms with Gasteiger partial charge in [-0.2, -0.15) is 0 Å². The summed E-state index contributed by atoms with van der Waals surface area (Å²) in [4.78, 5) is 0. The summed E-state index contributed by atoms with van der Waals surface area (Å²) in [5.74, 6) is -1.40. The predicted molar refractivity (Wildman–Crippen MR) is 81.7 cm³/mol. The fraction of sp³-hybridized carbons (Fsp3) is 0.667. The highest BCUT2D eigenvalue weighted by Gasteiger charge is 2.37. The third-order valence-corrected chi connectivity index (χ3v) is 5.39. The van der Waals surface area contributed by atoms with E-state index in [2.05, 4.69) is 29.6 Å². The molecule has 0 aliphatic heterocycles. The minimum Gasteiger partial charge on any atom is -0.313 e. The van der Waals surface area contributed by atoms with Gasteiger partial charge in [-0.3, -0.25) is 0 Å². The Bertz CT molecular complexity index is 472. The Kier molecular flexibility index (Phi) is 4.30. The standard InChI is InChI=1S/C18H25F2N/c1-21-17(14-8-10-18(19,20)11-9-14)16-7-3-6-15(12-16)13-4-2-5-13/h3,6-7,12-14,17,21H,2,4-5,8-11H2,1H3. The van der Waals surface area contributed by atoms with E-state index < -0.39 is 5.92 Å². The summed E-state index contributed by atoms with van der Waals surface area (Å²) in [6, 6.07) is 9.01. The second kappa shape index (κ2) is 6.04. The van der Waals surface area contributed by atoms with Gasteiger partial charge in [0.25, 0.3) is 0 Å². The maximum absolute atomic E-state index is 13.4. The molecule has 3 rings (SSSR count). The van der Waals surface area contributed by atoms with Gasteiger partial charge < -0.3 is 5.32 Å². The van der Waals surface area contributed by atoms with E-state index in [0.717, 1.165) is 5.92 Å². The minimum atomic E-state index is -2.44. The van der Waals surface area contributed by atoms with Crippen molar-refractivity contribution in [1.82, 2.24) is 5.32 Å². The van der Waals surface area contributed by atoms with Gasteiger partial charge in [0.2, 0.25) is 5.92 Å². The van der Waals surface area contributed by atoms with E-state index in [1.165, 1.54) is 30.4 Å². The third-order valence-electron chi connectivity index (χ3n) is 5.39. The second-order valence-electron chi connectivity index (χ2n) is 6.76. The molecule has 0 aromatic heterocycles. The fourth-order valence-corrected chi connectivity index (χ4v) is 3.82. The third kappa shape index (κ3) is 3.28. The highest BCUT2D eigenvalue weighted by atomic mass is 19.3. The van der Waals surface area contributed by atoms with Crippen molar-refractivity contribution in [3.05, 3.63) is 35.4 Å². The van der Waals surface area contributed by atoms with E-state index in [0.29, 0.717) is 18.8 Å². The Labute approximate surface area is 126 Å². The van der Waals surface area contributed by atoms with Gasteiger partial charge in [-0.1, -0.05) is 30.7 Å². The smallest absolute Gasteiger partial charge is 0.248 e.